The normalized spacial score (nSPS) is 18.9. The highest BCUT2D eigenvalue weighted by Crippen LogP contribution is 2.45. The topological polar surface area (TPSA) is 101 Å². The van der Waals surface area contributed by atoms with Crippen LogP contribution in [0.25, 0.3) is 11.3 Å². The first-order valence-electron chi connectivity index (χ1n) is 13.7. The summed E-state index contributed by atoms with van der Waals surface area (Å²) in [5, 5.41) is 21.1. The first-order chi connectivity index (χ1) is 18.8. The summed E-state index contributed by atoms with van der Waals surface area (Å²) in [4.78, 5) is 9.11. The number of halogens is 2. The van der Waals surface area contributed by atoms with Crippen LogP contribution in [0.15, 0.2) is 30.6 Å². The van der Waals surface area contributed by atoms with Crippen molar-refractivity contribution >= 4 is 25.6 Å². The molecule has 1 atom stereocenters. The van der Waals surface area contributed by atoms with E-state index in [0.717, 1.165) is 35.3 Å². The first kappa shape index (κ1) is 28.2. The Bertz CT molecular complexity index is 1460. The van der Waals surface area contributed by atoms with Crippen molar-refractivity contribution < 1.29 is 13.2 Å². The maximum atomic E-state index is 13.0. The van der Waals surface area contributed by atoms with Crippen molar-refractivity contribution in [2.75, 3.05) is 23.8 Å². The minimum Gasteiger partial charge on any atom is -0.416 e. The van der Waals surface area contributed by atoms with Crippen LogP contribution in [0.5, 0.6) is 0 Å². The molecule has 0 amide bonds. The molecule has 1 aromatic carbocycles. The molecule has 1 aliphatic carbocycles. The average molecular weight is 566 g/mol. The summed E-state index contributed by atoms with van der Waals surface area (Å²) in [5.41, 5.74) is 5.01. The fourth-order valence-corrected chi connectivity index (χ4v) is 5.85. The van der Waals surface area contributed by atoms with Crippen molar-refractivity contribution in [1.82, 2.24) is 19.7 Å². The Hall–Kier alpha value is -3.36. The quantitative estimate of drug-likeness (QED) is 0.275. The summed E-state index contributed by atoms with van der Waals surface area (Å²) in [6.07, 6.45) is 2.74. The molecule has 2 N–H and O–H groups in total. The molecule has 0 radical (unpaired) electrons. The minimum atomic E-state index is -2.49. The van der Waals surface area contributed by atoms with Crippen LogP contribution in [0.1, 0.15) is 63.3 Å². The lowest BCUT2D eigenvalue weighted by Gasteiger charge is -2.39. The molecule has 11 heteroatoms. The van der Waals surface area contributed by atoms with Crippen molar-refractivity contribution in [3.05, 3.63) is 47.4 Å². The lowest BCUT2D eigenvalue weighted by Crippen LogP contribution is -2.45. The number of benzene rings is 1. The number of aromatic nitrogens is 4. The van der Waals surface area contributed by atoms with Crippen molar-refractivity contribution in [3.63, 3.8) is 0 Å². The standard InChI is InChI=1S/C29H37F2N7OSi/c1-28(2,3)40(5,6)39-17-29(4)16-34-25-20(13-32)11-19(12-21(25)29)22-9-10-33-27(35-22)36-23-14-38(15-24(30)31)37-26(23)18-7-8-18/h9-12,14,18,24,34H,7-8,15-17H2,1-6H3,(H,33,35,36)/t29-/m1/s1. The van der Waals surface area contributed by atoms with E-state index >= 15 is 0 Å². The van der Waals surface area contributed by atoms with Crippen LogP contribution in [0.3, 0.4) is 0 Å². The highest BCUT2D eigenvalue weighted by Gasteiger charge is 2.42. The van der Waals surface area contributed by atoms with Gasteiger partial charge < -0.3 is 15.1 Å². The number of fused-ring (bicyclic) bond motifs is 1. The highest BCUT2D eigenvalue weighted by molar-refractivity contribution is 6.74. The van der Waals surface area contributed by atoms with Gasteiger partial charge >= 0.3 is 0 Å². The maximum Gasteiger partial charge on any atom is 0.257 e. The molecule has 5 rings (SSSR count). The zero-order valence-electron chi connectivity index (χ0n) is 24.0. The molecular weight excluding hydrogens is 528 g/mol. The van der Waals surface area contributed by atoms with Gasteiger partial charge in [-0.05, 0) is 54.7 Å². The second-order valence-electron chi connectivity index (χ2n) is 12.7. The number of alkyl halides is 2. The van der Waals surface area contributed by atoms with Gasteiger partial charge in [0.1, 0.15) is 12.6 Å². The van der Waals surface area contributed by atoms with Crippen LogP contribution in [-0.4, -0.2) is 47.6 Å². The maximum absolute atomic E-state index is 13.0. The van der Waals surface area contributed by atoms with E-state index in [1.165, 1.54) is 4.68 Å². The molecule has 1 aliphatic heterocycles. The third kappa shape index (κ3) is 5.60. The van der Waals surface area contributed by atoms with Crippen LogP contribution in [0.4, 0.5) is 26.1 Å². The zero-order valence-corrected chi connectivity index (χ0v) is 25.0. The number of rotatable bonds is 9. The number of nitrogens with one attached hydrogen (secondary N) is 2. The summed E-state index contributed by atoms with van der Waals surface area (Å²) in [7, 11) is -1.97. The molecule has 2 aliphatic rings. The van der Waals surface area contributed by atoms with Gasteiger partial charge in [-0.1, -0.05) is 27.7 Å². The van der Waals surface area contributed by atoms with Crippen molar-refractivity contribution in [1.29, 1.82) is 5.26 Å². The van der Waals surface area contributed by atoms with Crippen LogP contribution in [-0.2, 0) is 16.4 Å². The summed E-state index contributed by atoms with van der Waals surface area (Å²) < 4.78 is 33.9. The van der Waals surface area contributed by atoms with E-state index in [9.17, 15) is 14.0 Å². The summed E-state index contributed by atoms with van der Waals surface area (Å²) in [6.45, 7) is 14.1. The molecule has 3 heterocycles. The molecular formula is C29H37F2N7OSi. The Kier molecular flexibility index (Phi) is 7.21. The van der Waals surface area contributed by atoms with Crippen molar-refractivity contribution in [3.8, 4) is 17.3 Å². The molecule has 0 unspecified atom stereocenters. The van der Waals surface area contributed by atoms with Gasteiger partial charge in [0.2, 0.25) is 5.95 Å². The SMILES string of the molecule is CC(C)(C)[Si](C)(C)OC[C@@]1(C)CNc2c(C#N)cc(-c3ccnc(Nc4cn(CC(F)F)nc4C4CC4)n3)cc21. The molecule has 212 valence electrons. The second kappa shape index (κ2) is 10.2. The first-order valence-corrected chi connectivity index (χ1v) is 16.6. The number of hydrogen-bond acceptors (Lipinski definition) is 7. The van der Waals surface area contributed by atoms with Crippen LogP contribution in [0.2, 0.25) is 18.1 Å². The lowest BCUT2D eigenvalue weighted by molar-refractivity contribution is 0.121. The molecule has 1 saturated carbocycles. The predicted molar refractivity (Wildman–Crippen MR) is 155 cm³/mol. The minimum absolute atomic E-state index is 0.0948. The lowest BCUT2D eigenvalue weighted by atomic mass is 9.83. The van der Waals surface area contributed by atoms with Gasteiger partial charge in [0.05, 0.1) is 28.3 Å². The molecule has 40 heavy (non-hydrogen) atoms. The van der Waals surface area contributed by atoms with Gasteiger partial charge in [-0.2, -0.15) is 10.4 Å². The van der Waals surface area contributed by atoms with Crippen LogP contribution in [0, 0.1) is 11.3 Å². The molecule has 3 aromatic rings. The van der Waals surface area contributed by atoms with E-state index < -0.39 is 21.3 Å². The summed E-state index contributed by atoms with van der Waals surface area (Å²) in [6, 6.07) is 8.09. The van der Waals surface area contributed by atoms with Crippen LogP contribution < -0.4 is 10.6 Å². The summed E-state index contributed by atoms with van der Waals surface area (Å²) >= 11 is 0. The average Bonchev–Trinajstić information content (AvgIpc) is 3.58. The van der Waals surface area contributed by atoms with Gasteiger partial charge in [-0.15, -0.1) is 0 Å². The fraction of sp³-hybridized carbons (Fsp3) is 0.517. The van der Waals surface area contributed by atoms with E-state index in [0.29, 0.717) is 36.0 Å². The van der Waals surface area contributed by atoms with E-state index in [1.54, 1.807) is 12.4 Å². The predicted octanol–water partition coefficient (Wildman–Crippen LogP) is 6.80. The molecule has 2 aromatic heterocycles. The number of hydrogen-bond donors (Lipinski definition) is 2. The zero-order chi connectivity index (χ0) is 28.9. The Morgan fingerprint density at radius 3 is 2.70 bits per heavy atom. The second-order valence-corrected chi connectivity index (χ2v) is 17.5. The number of nitriles is 1. The Morgan fingerprint density at radius 2 is 2.05 bits per heavy atom. The van der Waals surface area contributed by atoms with E-state index in [2.05, 4.69) is 73.6 Å². The third-order valence-electron chi connectivity index (χ3n) is 8.40. The highest BCUT2D eigenvalue weighted by atomic mass is 28.4. The summed E-state index contributed by atoms with van der Waals surface area (Å²) in [5.74, 6) is 0.607. The molecule has 0 spiro atoms. The van der Waals surface area contributed by atoms with Crippen LogP contribution >= 0.6 is 0 Å². The van der Waals surface area contributed by atoms with Crippen molar-refractivity contribution in [2.24, 2.45) is 0 Å². The fourth-order valence-electron chi connectivity index (χ4n) is 4.73. The van der Waals surface area contributed by atoms with Gasteiger partial charge in [-0.3, -0.25) is 4.68 Å². The largest absolute Gasteiger partial charge is 0.416 e. The van der Waals surface area contributed by atoms with Gasteiger partial charge in [0, 0.05) is 42.4 Å². The smallest absolute Gasteiger partial charge is 0.257 e. The molecule has 0 bridgehead atoms. The molecule has 8 nitrogen and oxygen atoms in total. The van der Waals surface area contributed by atoms with Gasteiger partial charge in [0.25, 0.3) is 6.43 Å². The van der Waals surface area contributed by atoms with E-state index in [4.69, 9.17) is 9.41 Å². The van der Waals surface area contributed by atoms with Gasteiger partial charge in [-0.25, -0.2) is 18.7 Å². The molecule has 0 saturated heterocycles. The Balaban J connectivity index is 1.44. The van der Waals surface area contributed by atoms with E-state index in [-0.39, 0.29) is 16.4 Å². The monoisotopic (exact) mass is 565 g/mol. The van der Waals surface area contributed by atoms with E-state index in [1.807, 2.05) is 12.1 Å². The van der Waals surface area contributed by atoms with Gasteiger partial charge in [0.15, 0.2) is 8.32 Å². The van der Waals surface area contributed by atoms with Crippen molar-refractivity contribution in [2.45, 2.75) is 83.0 Å². The Labute approximate surface area is 235 Å². The Morgan fingerprint density at radius 1 is 1.30 bits per heavy atom. The number of nitrogens with zero attached hydrogens (tertiary/aromatic N) is 5. The third-order valence-corrected chi connectivity index (χ3v) is 12.9. The molecule has 1 fully saturated rings. The number of anilines is 3.